The minimum atomic E-state index is 0.0563. The second-order valence-electron chi connectivity index (χ2n) is 2.94. The Morgan fingerprint density at radius 1 is 1.29 bits per heavy atom. The fourth-order valence-corrected chi connectivity index (χ4v) is 2.12. The van der Waals surface area contributed by atoms with Crippen molar-refractivity contribution in [3.05, 3.63) is 41.3 Å². The summed E-state index contributed by atoms with van der Waals surface area (Å²) in [5, 5.41) is 0.653. The first kappa shape index (κ1) is 10.4. The van der Waals surface area contributed by atoms with E-state index in [1.165, 1.54) is 0 Å². The van der Waals surface area contributed by atoms with E-state index in [0.29, 0.717) is 20.3 Å². The number of halogens is 2. The van der Waals surface area contributed by atoms with Gasteiger partial charge in [0.1, 0.15) is 11.3 Å². The Labute approximate surface area is 108 Å². The van der Waals surface area contributed by atoms with Crippen LogP contribution in [0.3, 0.4) is 0 Å². The Bertz CT molecular complexity index is 558. The first-order valence-electron chi connectivity index (χ1n) is 3.98. The second-order valence-corrected chi connectivity index (χ2v) is 5.27. The Morgan fingerprint density at radius 3 is 2.71 bits per heavy atom. The van der Waals surface area contributed by atoms with Gasteiger partial charge in [-0.15, -0.1) is 0 Å². The molecule has 0 aliphatic rings. The van der Waals surface area contributed by atoms with Crippen LogP contribution in [0.2, 0.25) is 0 Å². The maximum Gasteiger partial charge on any atom is 0.206 e. The van der Waals surface area contributed by atoms with Crippen molar-refractivity contribution >= 4 is 56.2 Å². The molecule has 0 amide bonds. The van der Waals surface area contributed by atoms with Crippen LogP contribution in [-0.2, 0) is 0 Å². The second kappa shape index (κ2) is 3.80. The summed E-state index contributed by atoms with van der Waals surface area (Å²) in [5.41, 5.74) is 0.723. The maximum absolute atomic E-state index is 11.8. The molecule has 0 aliphatic carbocycles. The van der Waals surface area contributed by atoms with E-state index in [9.17, 15) is 4.79 Å². The third-order valence-corrected chi connectivity index (χ3v) is 3.88. The SMILES string of the molecule is Cc1oc2cc(I)ccc2c(=O)c1I. The quantitative estimate of drug-likeness (QED) is 0.622. The highest BCUT2D eigenvalue weighted by molar-refractivity contribution is 14.1. The average Bonchev–Trinajstić information content (AvgIpc) is 2.14. The first-order valence-corrected chi connectivity index (χ1v) is 6.14. The predicted octanol–water partition coefficient (Wildman–Crippen LogP) is 3.31. The molecule has 0 fully saturated rings. The van der Waals surface area contributed by atoms with Gasteiger partial charge in [0.05, 0.1) is 8.96 Å². The summed E-state index contributed by atoms with van der Waals surface area (Å²) in [4.78, 5) is 11.8. The van der Waals surface area contributed by atoms with Gasteiger partial charge >= 0.3 is 0 Å². The molecular formula is C10H6I2O2. The minimum absolute atomic E-state index is 0.0563. The van der Waals surface area contributed by atoms with Crippen molar-refractivity contribution in [2.24, 2.45) is 0 Å². The lowest BCUT2D eigenvalue weighted by Gasteiger charge is -2.01. The van der Waals surface area contributed by atoms with Crippen LogP contribution in [-0.4, -0.2) is 0 Å². The monoisotopic (exact) mass is 412 g/mol. The summed E-state index contributed by atoms with van der Waals surface area (Å²) in [6.45, 7) is 1.81. The minimum Gasteiger partial charge on any atom is -0.460 e. The first-order chi connectivity index (χ1) is 6.59. The van der Waals surface area contributed by atoms with E-state index in [1.54, 1.807) is 0 Å². The van der Waals surface area contributed by atoms with E-state index in [1.807, 2.05) is 47.7 Å². The molecule has 2 aromatic rings. The number of fused-ring (bicyclic) bond motifs is 1. The van der Waals surface area contributed by atoms with Crippen molar-refractivity contribution in [1.82, 2.24) is 0 Å². The predicted molar refractivity (Wildman–Crippen MR) is 72.7 cm³/mol. The topological polar surface area (TPSA) is 30.2 Å². The van der Waals surface area contributed by atoms with Crippen molar-refractivity contribution in [2.45, 2.75) is 6.92 Å². The van der Waals surface area contributed by atoms with Crippen molar-refractivity contribution in [1.29, 1.82) is 0 Å². The van der Waals surface area contributed by atoms with E-state index >= 15 is 0 Å². The highest BCUT2D eigenvalue weighted by atomic mass is 127. The number of hydrogen-bond acceptors (Lipinski definition) is 2. The zero-order valence-electron chi connectivity index (χ0n) is 7.30. The fourth-order valence-electron chi connectivity index (χ4n) is 1.26. The summed E-state index contributed by atoms with van der Waals surface area (Å²) >= 11 is 4.21. The average molecular weight is 412 g/mol. The number of hydrogen-bond donors (Lipinski definition) is 0. The third kappa shape index (κ3) is 1.69. The number of aryl methyl sites for hydroxylation is 1. The number of rotatable bonds is 0. The van der Waals surface area contributed by atoms with Crippen LogP contribution in [0, 0.1) is 14.1 Å². The molecule has 1 heterocycles. The normalized spacial score (nSPS) is 10.8. The Kier molecular flexibility index (Phi) is 2.83. The van der Waals surface area contributed by atoms with Gasteiger partial charge in [0.25, 0.3) is 0 Å². The summed E-state index contributed by atoms with van der Waals surface area (Å²) in [6.07, 6.45) is 0. The molecule has 0 aliphatic heterocycles. The molecule has 1 aromatic heterocycles. The standard InChI is InChI=1S/C10H6I2O2/c1-5-9(12)10(13)7-3-2-6(11)4-8(7)14-5/h2-4H,1H3. The van der Waals surface area contributed by atoms with Gasteiger partial charge in [-0.2, -0.15) is 0 Å². The van der Waals surface area contributed by atoms with Crippen LogP contribution < -0.4 is 5.43 Å². The Balaban J connectivity index is 2.98. The Hall–Kier alpha value is -0.110. The van der Waals surface area contributed by atoms with Gasteiger partial charge < -0.3 is 4.42 Å². The van der Waals surface area contributed by atoms with E-state index < -0.39 is 0 Å². The summed E-state index contributed by atoms with van der Waals surface area (Å²) in [7, 11) is 0. The zero-order chi connectivity index (χ0) is 10.3. The van der Waals surface area contributed by atoms with Crippen molar-refractivity contribution in [3.63, 3.8) is 0 Å². The summed E-state index contributed by atoms with van der Waals surface area (Å²) < 4.78 is 7.27. The molecule has 0 saturated carbocycles. The molecule has 1 aromatic carbocycles. The smallest absolute Gasteiger partial charge is 0.206 e. The van der Waals surface area contributed by atoms with E-state index in [0.717, 1.165) is 3.57 Å². The molecule has 4 heteroatoms. The van der Waals surface area contributed by atoms with Gasteiger partial charge in [0, 0.05) is 3.57 Å². The Morgan fingerprint density at radius 2 is 2.00 bits per heavy atom. The van der Waals surface area contributed by atoms with Gasteiger partial charge in [0.2, 0.25) is 5.43 Å². The van der Waals surface area contributed by atoms with E-state index in [4.69, 9.17) is 4.42 Å². The van der Waals surface area contributed by atoms with Crippen LogP contribution in [0.1, 0.15) is 5.76 Å². The van der Waals surface area contributed by atoms with Gasteiger partial charge in [-0.1, -0.05) is 0 Å². The van der Waals surface area contributed by atoms with Crippen LogP contribution in [0.5, 0.6) is 0 Å². The lowest BCUT2D eigenvalue weighted by Crippen LogP contribution is -2.07. The van der Waals surface area contributed by atoms with Gasteiger partial charge in [-0.25, -0.2) is 0 Å². The molecule has 0 N–H and O–H groups in total. The summed E-state index contributed by atoms with van der Waals surface area (Å²) in [6, 6.07) is 5.59. The lowest BCUT2D eigenvalue weighted by atomic mass is 10.2. The van der Waals surface area contributed by atoms with Gasteiger partial charge in [-0.05, 0) is 70.3 Å². The van der Waals surface area contributed by atoms with Crippen molar-refractivity contribution in [3.8, 4) is 0 Å². The van der Waals surface area contributed by atoms with Crippen molar-refractivity contribution < 1.29 is 4.42 Å². The third-order valence-electron chi connectivity index (χ3n) is 1.96. The molecule has 2 nitrogen and oxygen atoms in total. The van der Waals surface area contributed by atoms with Gasteiger partial charge in [-0.3, -0.25) is 4.79 Å². The van der Waals surface area contributed by atoms with Crippen molar-refractivity contribution in [2.75, 3.05) is 0 Å². The lowest BCUT2D eigenvalue weighted by molar-refractivity contribution is 0.559. The molecule has 72 valence electrons. The molecule has 14 heavy (non-hydrogen) atoms. The maximum atomic E-state index is 11.8. The van der Waals surface area contributed by atoms with Crippen LogP contribution in [0.15, 0.2) is 27.4 Å². The molecular weight excluding hydrogens is 406 g/mol. The summed E-state index contributed by atoms with van der Waals surface area (Å²) in [5.74, 6) is 0.685. The molecule has 2 rings (SSSR count). The highest BCUT2D eigenvalue weighted by Crippen LogP contribution is 2.18. The molecule has 0 atom stereocenters. The van der Waals surface area contributed by atoms with Crippen LogP contribution in [0.4, 0.5) is 0 Å². The van der Waals surface area contributed by atoms with E-state index in [-0.39, 0.29) is 5.43 Å². The fraction of sp³-hybridized carbons (Fsp3) is 0.100. The molecule has 0 spiro atoms. The van der Waals surface area contributed by atoms with Crippen LogP contribution in [0.25, 0.3) is 11.0 Å². The molecule has 0 bridgehead atoms. The zero-order valence-corrected chi connectivity index (χ0v) is 11.6. The van der Waals surface area contributed by atoms with Gasteiger partial charge in [0.15, 0.2) is 0 Å². The molecule has 0 saturated heterocycles. The van der Waals surface area contributed by atoms with E-state index in [2.05, 4.69) is 22.6 Å². The highest BCUT2D eigenvalue weighted by Gasteiger charge is 2.08. The molecule has 0 unspecified atom stereocenters. The number of benzene rings is 1. The largest absolute Gasteiger partial charge is 0.460 e. The molecule has 0 radical (unpaired) electrons. The van der Waals surface area contributed by atoms with Crippen LogP contribution >= 0.6 is 45.2 Å².